The first-order chi connectivity index (χ1) is 14.6. The van der Waals surface area contributed by atoms with Crippen LogP contribution in [0.4, 0.5) is 18.9 Å². The second kappa shape index (κ2) is 8.42. The molecule has 3 aromatic rings. The van der Waals surface area contributed by atoms with Gasteiger partial charge in [0.1, 0.15) is 0 Å². The Hall–Kier alpha value is -3.95. The van der Waals surface area contributed by atoms with E-state index in [4.69, 9.17) is 0 Å². The van der Waals surface area contributed by atoms with E-state index in [1.165, 1.54) is 56.4 Å². The van der Waals surface area contributed by atoms with Crippen molar-refractivity contribution < 1.29 is 22.8 Å². The lowest BCUT2D eigenvalue weighted by molar-refractivity contribution is -0.137. The maximum absolute atomic E-state index is 13.4. The van der Waals surface area contributed by atoms with Crippen molar-refractivity contribution in [3.05, 3.63) is 87.3 Å². The number of benzene rings is 2. The van der Waals surface area contributed by atoms with Gasteiger partial charge < -0.3 is 10.6 Å². The number of hydrogen-bond acceptors (Lipinski definition) is 4. The molecule has 7 nitrogen and oxygen atoms in total. The van der Waals surface area contributed by atoms with E-state index in [0.717, 1.165) is 16.8 Å². The first-order valence-electron chi connectivity index (χ1n) is 9.03. The minimum atomic E-state index is -4.65. The second-order valence-corrected chi connectivity index (χ2v) is 6.54. The van der Waals surface area contributed by atoms with Gasteiger partial charge in [0.05, 0.1) is 11.3 Å². The molecule has 31 heavy (non-hydrogen) atoms. The minimum Gasteiger partial charge on any atom is -0.355 e. The molecule has 0 fully saturated rings. The molecule has 0 aliphatic carbocycles. The van der Waals surface area contributed by atoms with Crippen molar-refractivity contribution in [3.8, 4) is 5.69 Å². The number of aryl methyl sites for hydroxylation is 1. The summed E-state index contributed by atoms with van der Waals surface area (Å²) in [6.45, 7) is 1.42. The first kappa shape index (κ1) is 21.8. The molecule has 2 N–H and O–H groups in total. The van der Waals surface area contributed by atoms with E-state index < -0.39 is 28.8 Å². The summed E-state index contributed by atoms with van der Waals surface area (Å²) in [5.41, 5.74) is -1.80. The van der Waals surface area contributed by atoms with Gasteiger partial charge in [-0.05, 0) is 43.3 Å². The zero-order valence-electron chi connectivity index (χ0n) is 16.4. The summed E-state index contributed by atoms with van der Waals surface area (Å²) in [6.07, 6.45) is -4.65. The van der Waals surface area contributed by atoms with Gasteiger partial charge in [0.25, 0.3) is 11.8 Å². The van der Waals surface area contributed by atoms with E-state index in [1.54, 1.807) is 0 Å². The summed E-state index contributed by atoms with van der Waals surface area (Å²) in [5.74, 6) is -1.21. The number of carbonyl (C=O) groups is 2. The maximum atomic E-state index is 13.4. The van der Waals surface area contributed by atoms with Crippen LogP contribution in [0.3, 0.4) is 0 Å². The Bertz CT molecular complexity index is 1200. The Morgan fingerprint density at radius 1 is 1.00 bits per heavy atom. The number of carbonyl (C=O) groups excluding carboxylic acids is 2. The van der Waals surface area contributed by atoms with Crippen molar-refractivity contribution in [1.82, 2.24) is 15.1 Å². The third-order valence-corrected chi connectivity index (χ3v) is 4.39. The van der Waals surface area contributed by atoms with Crippen molar-refractivity contribution in [2.45, 2.75) is 13.1 Å². The normalized spacial score (nSPS) is 11.1. The molecule has 0 aliphatic rings. The van der Waals surface area contributed by atoms with Gasteiger partial charge in [-0.2, -0.15) is 18.3 Å². The molecule has 0 radical (unpaired) electrons. The van der Waals surface area contributed by atoms with Crippen molar-refractivity contribution in [2.75, 3.05) is 12.4 Å². The third kappa shape index (κ3) is 4.63. The summed E-state index contributed by atoms with van der Waals surface area (Å²) in [5, 5.41) is 8.81. The van der Waals surface area contributed by atoms with Crippen LogP contribution in [0.2, 0.25) is 0 Å². The molecule has 0 atom stereocenters. The van der Waals surface area contributed by atoms with E-state index in [9.17, 15) is 27.6 Å². The number of alkyl halides is 3. The average Bonchev–Trinajstić information content (AvgIpc) is 2.73. The Morgan fingerprint density at radius 2 is 1.65 bits per heavy atom. The van der Waals surface area contributed by atoms with Gasteiger partial charge in [-0.15, -0.1) is 0 Å². The van der Waals surface area contributed by atoms with Crippen LogP contribution in [0, 0.1) is 6.92 Å². The SMILES string of the molecule is CNC(=O)c1ccc(NC(=O)c2nn(-c3ccccc3C(F)(F)F)c(C)cc2=O)cc1. The lowest BCUT2D eigenvalue weighted by Crippen LogP contribution is -2.27. The molecule has 0 bridgehead atoms. The molecule has 1 heterocycles. The molecule has 1 aromatic heterocycles. The maximum Gasteiger partial charge on any atom is 0.418 e. The fourth-order valence-electron chi connectivity index (χ4n) is 2.89. The van der Waals surface area contributed by atoms with Gasteiger partial charge in [-0.1, -0.05) is 12.1 Å². The van der Waals surface area contributed by atoms with Crippen LogP contribution >= 0.6 is 0 Å². The van der Waals surface area contributed by atoms with Gasteiger partial charge in [-0.3, -0.25) is 14.4 Å². The number of halogens is 3. The number of amides is 2. The highest BCUT2D eigenvalue weighted by atomic mass is 19.4. The van der Waals surface area contributed by atoms with E-state index >= 15 is 0 Å². The van der Waals surface area contributed by atoms with Crippen LogP contribution in [0.25, 0.3) is 5.69 Å². The van der Waals surface area contributed by atoms with Crippen LogP contribution in [-0.2, 0) is 6.18 Å². The number of nitrogens with zero attached hydrogens (tertiary/aromatic N) is 2. The van der Waals surface area contributed by atoms with Gasteiger partial charge >= 0.3 is 6.18 Å². The van der Waals surface area contributed by atoms with E-state index in [0.29, 0.717) is 5.56 Å². The summed E-state index contributed by atoms with van der Waals surface area (Å²) in [4.78, 5) is 36.5. The number of para-hydroxylation sites is 1. The van der Waals surface area contributed by atoms with E-state index in [1.807, 2.05) is 0 Å². The lowest BCUT2D eigenvalue weighted by atomic mass is 10.1. The van der Waals surface area contributed by atoms with Gasteiger partial charge in [0.15, 0.2) is 5.69 Å². The van der Waals surface area contributed by atoms with Crippen LogP contribution in [-0.4, -0.2) is 28.6 Å². The summed E-state index contributed by atoms with van der Waals surface area (Å²) in [7, 11) is 1.48. The third-order valence-electron chi connectivity index (χ3n) is 4.39. The van der Waals surface area contributed by atoms with Crippen LogP contribution in [0.5, 0.6) is 0 Å². The molecule has 2 amide bonds. The molecule has 2 aromatic carbocycles. The van der Waals surface area contributed by atoms with Crippen molar-refractivity contribution in [1.29, 1.82) is 0 Å². The number of anilines is 1. The summed E-state index contributed by atoms with van der Waals surface area (Å²) < 4.78 is 41.1. The Balaban J connectivity index is 1.98. The van der Waals surface area contributed by atoms with Crippen molar-refractivity contribution >= 4 is 17.5 Å². The minimum absolute atomic E-state index is 0.133. The Morgan fingerprint density at radius 3 is 2.26 bits per heavy atom. The molecule has 0 spiro atoms. The zero-order valence-corrected chi connectivity index (χ0v) is 16.4. The first-order valence-corrected chi connectivity index (χ1v) is 9.03. The van der Waals surface area contributed by atoms with Crippen LogP contribution < -0.4 is 16.1 Å². The highest BCUT2D eigenvalue weighted by Gasteiger charge is 2.34. The average molecular weight is 430 g/mol. The summed E-state index contributed by atoms with van der Waals surface area (Å²) >= 11 is 0. The predicted octanol–water partition coefficient (Wildman–Crippen LogP) is 3.17. The smallest absolute Gasteiger partial charge is 0.355 e. The van der Waals surface area contributed by atoms with E-state index in [2.05, 4.69) is 15.7 Å². The zero-order chi connectivity index (χ0) is 22.8. The van der Waals surface area contributed by atoms with Crippen molar-refractivity contribution in [2.24, 2.45) is 0 Å². The monoisotopic (exact) mass is 430 g/mol. The number of aromatic nitrogens is 2. The molecule has 3 rings (SSSR count). The molecule has 0 aliphatic heterocycles. The summed E-state index contributed by atoms with van der Waals surface area (Å²) in [6, 6.07) is 11.6. The molecule has 0 saturated heterocycles. The number of rotatable bonds is 4. The second-order valence-electron chi connectivity index (χ2n) is 6.54. The lowest BCUT2D eigenvalue weighted by Gasteiger charge is -2.16. The van der Waals surface area contributed by atoms with Gasteiger partial charge in [0, 0.05) is 30.1 Å². The van der Waals surface area contributed by atoms with Crippen LogP contribution in [0.1, 0.15) is 32.1 Å². The topological polar surface area (TPSA) is 93.1 Å². The van der Waals surface area contributed by atoms with Gasteiger partial charge in [-0.25, -0.2) is 4.68 Å². The van der Waals surface area contributed by atoms with Crippen LogP contribution in [0.15, 0.2) is 59.4 Å². The molecule has 0 unspecified atom stereocenters. The quantitative estimate of drug-likeness (QED) is 0.665. The molecule has 10 heteroatoms. The number of nitrogens with one attached hydrogen (secondary N) is 2. The largest absolute Gasteiger partial charge is 0.418 e. The molecule has 160 valence electrons. The number of hydrogen-bond donors (Lipinski definition) is 2. The standard InChI is InChI=1S/C21H17F3N4O3/c1-12-11-17(29)18(20(31)26-14-9-7-13(8-10-14)19(30)25-2)27-28(12)16-6-4-3-5-15(16)21(22,23)24/h3-11H,1-2H3,(H,25,30)(H,26,31). The Kier molecular flexibility index (Phi) is 5.91. The molecular weight excluding hydrogens is 413 g/mol. The van der Waals surface area contributed by atoms with Crippen molar-refractivity contribution in [3.63, 3.8) is 0 Å². The molecule has 0 saturated carbocycles. The highest BCUT2D eigenvalue weighted by Crippen LogP contribution is 2.33. The van der Waals surface area contributed by atoms with E-state index in [-0.39, 0.29) is 23.0 Å². The van der Waals surface area contributed by atoms with Gasteiger partial charge in [0.2, 0.25) is 5.43 Å². The molecular formula is C21H17F3N4O3. The fraction of sp³-hybridized carbons (Fsp3) is 0.143. The fourth-order valence-corrected chi connectivity index (χ4v) is 2.89. The highest BCUT2D eigenvalue weighted by molar-refractivity contribution is 6.03. The Labute approximate surface area is 174 Å². The predicted molar refractivity (Wildman–Crippen MR) is 107 cm³/mol.